The third kappa shape index (κ3) is 37.4. The maximum absolute atomic E-state index is 11.9. The first kappa shape index (κ1) is 44.1. The van der Waals surface area contributed by atoms with E-state index in [1.54, 1.807) is 0 Å². The molecule has 47 heavy (non-hydrogen) atoms. The van der Waals surface area contributed by atoms with Gasteiger partial charge in [-0.25, -0.2) is 0 Å². The molecule has 0 aliphatic carbocycles. The molecule has 0 rings (SSSR count). The minimum absolute atomic E-state index is 0.146. The predicted molar refractivity (Wildman–Crippen MR) is 200 cm³/mol. The second-order valence-electron chi connectivity index (χ2n) is 12.0. The zero-order valence-corrected chi connectivity index (χ0v) is 30.0. The molecule has 0 aliphatic rings. The Morgan fingerprint density at radius 3 is 1.30 bits per heavy atom. The fraction of sp³-hybridized carbons (Fsp3) is 0.619. The van der Waals surface area contributed by atoms with Crippen molar-refractivity contribution >= 4 is 11.9 Å². The van der Waals surface area contributed by atoms with Gasteiger partial charge in [0.2, 0.25) is 0 Å². The lowest BCUT2D eigenvalue weighted by Gasteiger charge is -2.12. The van der Waals surface area contributed by atoms with Crippen molar-refractivity contribution in [3.05, 3.63) is 85.1 Å². The van der Waals surface area contributed by atoms with Gasteiger partial charge in [-0.15, -0.1) is 0 Å². The minimum atomic E-state index is -0.997. The molecule has 1 atom stereocenters. The number of esters is 2. The molecule has 5 heteroatoms. The average molecular weight is 653 g/mol. The average Bonchev–Trinajstić information content (AvgIpc) is 3.07. The Hall–Kier alpha value is -2.92. The Balaban J connectivity index is 3.60. The highest BCUT2D eigenvalue weighted by atomic mass is 16.6. The molecule has 0 unspecified atom stereocenters. The zero-order valence-electron chi connectivity index (χ0n) is 30.0. The molecule has 5 nitrogen and oxygen atoms in total. The Bertz CT molecular complexity index is 921. The predicted octanol–water partition coefficient (Wildman–Crippen LogP) is 11.6. The molecule has 0 aliphatic heterocycles. The Kier molecular flexibility index (Phi) is 35.2. The molecule has 0 bridgehead atoms. The number of allylic oxidation sites excluding steroid dienone is 14. The van der Waals surface area contributed by atoms with Gasteiger partial charge in [0, 0.05) is 12.8 Å². The molecule has 0 aromatic heterocycles. The molecule has 0 fully saturated rings. The van der Waals surface area contributed by atoms with Crippen LogP contribution in [-0.4, -0.2) is 36.4 Å². The molecule has 0 amide bonds. The third-order valence-corrected chi connectivity index (χ3v) is 7.36. The molecule has 0 aromatic rings. The van der Waals surface area contributed by atoms with Crippen molar-refractivity contribution in [3.63, 3.8) is 0 Å². The Morgan fingerprint density at radius 1 is 0.468 bits per heavy atom. The molecular weight excluding hydrogens is 584 g/mol. The van der Waals surface area contributed by atoms with E-state index < -0.39 is 6.10 Å². The number of unbranched alkanes of at least 4 members (excludes halogenated alkanes) is 10. The number of rotatable bonds is 32. The number of hydrogen-bond acceptors (Lipinski definition) is 5. The molecule has 266 valence electrons. The van der Waals surface area contributed by atoms with E-state index in [1.807, 2.05) is 0 Å². The van der Waals surface area contributed by atoms with Crippen molar-refractivity contribution in [1.82, 2.24) is 0 Å². The normalized spacial score (nSPS) is 13.2. The summed E-state index contributed by atoms with van der Waals surface area (Å²) in [6.45, 7) is 4.09. The van der Waals surface area contributed by atoms with Crippen molar-refractivity contribution in [1.29, 1.82) is 0 Å². The van der Waals surface area contributed by atoms with Crippen LogP contribution in [0.3, 0.4) is 0 Å². The van der Waals surface area contributed by atoms with E-state index in [-0.39, 0.29) is 25.2 Å². The molecule has 0 heterocycles. The van der Waals surface area contributed by atoms with Crippen LogP contribution >= 0.6 is 0 Å². The van der Waals surface area contributed by atoms with Crippen LogP contribution in [0.2, 0.25) is 0 Å². The van der Waals surface area contributed by atoms with Gasteiger partial charge < -0.3 is 14.6 Å². The smallest absolute Gasteiger partial charge is 0.305 e. The first-order valence-electron chi connectivity index (χ1n) is 18.6. The monoisotopic (exact) mass is 653 g/mol. The van der Waals surface area contributed by atoms with Gasteiger partial charge in [0.25, 0.3) is 0 Å². The number of hydrogen-bond donors (Lipinski definition) is 1. The largest absolute Gasteiger partial charge is 0.463 e. The maximum atomic E-state index is 11.9. The van der Waals surface area contributed by atoms with Crippen molar-refractivity contribution in [2.75, 3.05) is 13.2 Å². The second-order valence-corrected chi connectivity index (χ2v) is 12.0. The van der Waals surface area contributed by atoms with Gasteiger partial charge >= 0.3 is 11.9 Å². The van der Waals surface area contributed by atoms with Gasteiger partial charge in [-0.05, 0) is 83.5 Å². The third-order valence-electron chi connectivity index (χ3n) is 7.36. The highest BCUT2D eigenvalue weighted by molar-refractivity contribution is 5.69. The van der Waals surface area contributed by atoms with Gasteiger partial charge in [-0.3, -0.25) is 9.59 Å². The summed E-state index contributed by atoms with van der Waals surface area (Å²) in [6, 6.07) is 0. The van der Waals surface area contributed by atoms with Crippen LogP contribution in [0.25, 0.3) is 0 Å². The van der Waals surface area contributed by atoms with Crippen LogP contribution in [0.4, 0.5) is 0 Å². The number of carbonyl (C=O) groups excluding carboxylic acids is 2. The van der Waals surface area contributed by atoms with E-state index in [1.165, 1.54) is 44.9 Å². The van der Waals surface area contributed by atoms with Crippen LogP contribution in [0.1, 0.15) is 149 Å². The van der Waals surface area contributed by atoms with Gasteiger partial charge in [-0.2, -0.15) is 0 Å². The Labute approximate surface area is 288 Å². The van der Waals surface area contributed by atoms with E-state index in [0.29, 0.717) is 19.3 Å². The Morgan fingerprint density at radius 2 is 0.830 bits per heavy atom. The number of aliphatic hydroxyl groups excluding tert-OH is 1. The van der Waals surface area contributed by atoms with E-state index in [9.17, 15) is 14.7 Å². The minimum Gasteiger partial charge on any atom is -0.463 e. The summed E-state index contributed by atoms with van der Waals surface area (Å²) in [4.78, 5) is 23.9. The summed E-state index contributed by atoms with van der Waals surface area (Å²) in [7, 11) is 0. The van der Waals surface area contributed by atoms with E-state index in [0.717, 1.165) is 70.6 Å². The van der Waals surface area contributed by atoms with Crippen LogP contribution in [0, 0.1) is 0 Å². The lowest BCUT2D eigenvalue weighted by Crippen LogP contribution is -2.25. The van der Waals surface area contributed by atoms with Crippen LogP contribution < -0.4 is 0 Å². The molecular formula is C42H68O5. The van der Waals surface area contributed by atoms with E-state index in [4.69, 9.17) is 9.47 Å². The summed E-state index contributed by atoms with van der Waals surface area (Å²) in [6.07, 6.45) is 50.6. The first-order valence-corrected chi connectivity index (χ1v) is 18.6. The van der Waals surface area contributed by atoms with Crippen LogP contribution in [0.15, 0.2) is 85.1 Å². The quantitative estimate of drug-likeness (QED) is 0.0445. The second kappa shape index (κ2) is 37.5. The first-order chi connectivity index (χ1) is 23.1. The molecule has 0 spiro atoms. The summed E-state index contributed by atoms with van der Waals surface area (Å²) < 4.78 is 10.3. The van der Waals surface area contributed by atoms with Crippen LogP contribution in [0.5, 0.6) is 0 Å². The highest BCUT2D eigenvalue weighted by Crippen LogP contribution is 2.09. The summed E-state index contributed by atoms with van der Waals surface area (Å²) >= 11 is 0. The molecule has 0 saturated heterocycles. The fourth-order valence-corrected chi connectivity index (χ4v) is 4.56. The summed E-state index contributed by atoms with van der Waals surface area (Å²) in [5, 5.41) is 9.99. The topological polar surface area (TPSA) is 72.8 Å². The molecule has 0 aromatic carbocycles. The van der Waals surface area contributed by atoms with Crippen molar-refractivity contribution in [2.45, 2.75) is 155 Å². The maximum Gasteiger partial charge on any atom is 0.305 e. The van der Waals surface area contributed by atoms with Crippen molar-refractivity contribution in [2.24, 2.45) is 0 Å². The van der Waals surface area contributed by atoms with Crippen molar-refractivity contribution in [3.8, 4) is 0 Å². The lowest BCUT2D eigenvalue weighted by atomic mass is 10.1. The molecule has 0 radical (unpaired) electrons. The number of ether oxygens (including phenoxy) is 2. The van der Waals surface area contributed by atoms with Gasteiger partial charge in [0.15, 0.2) is 0 Å². The number of carbonyl (C=O) groups is 2. The van der Waals surface area contributed by atoms with Crippen LogP contribution in [-0.2, 0) is 19.1 Å². The van der Waals surface area contributed by atoms with E-state index >= 15 is 0 Å². The van der Waals surface area contributed by atoms with Crippen molar-refractivity contribution < 1.29 is 24.2 Å². The zero-order chi connectivity index (χ0) is 34.3. The van der Waals surface area contributed by atoms with E-state index in [2.05, 4.69) is 98.9 Å². The number of aliphatic hydroxyl groups is 1. The van der Waals surface area contributed by atoms with Gasteiger partial charge in [0.05, 0.1) is 0 Å². The fourth-order valence-electron chi connectivity index (χ4n) is 4.56. The van der Waals surface area contributed by atoms with Gasteiger partial charge in [-0.1, -0.05) is 137 Å². The molecule has 0 saturated carbocycles. The van der Waals surface area contributed by atoms with Gasteiger partial charge in [0.1, 0.15) is 19.3 Å². The summed E-state index contributed by atoms with van der Waals surface area (Å²) in [5.74, 6) is -0.656. The SMILES string of the molecule is CC/C=C\C/C=C\C/C=C\C/C=C\C/C=C\CCCC(=O)OC[C@H](O)COC(=O)CCCCCCC/C=C\C/C=C\CCCCCC. The standard InChI is InChI=1S/C42H68O5/c1-3-5-7-9-11-13-15-17-19-21-23-25-27-29-31-33-35-37-42(45)47-39-40(43)38-46-41(44)36-34-32-30-28-26-24-22-20-18-16-14-12-10-8-6-4-2/h5,7,11,13-14,16-17,19-20,22-23,25,29,31,40,43H,3-4,6,8-10,12,15,18,21,24,26-28,30,32-39H2,1-2H3/b7-5-,13-11-,16-14-,19-17-,22-20-,25-23-,31-29-/t40-/m1/s1. The molecule has 1 N–H and O–H groups in total. The highest BCUT2D eigenvalue weighted by Gasteiger charge is 2.11. The lowest BCUT2D eigenvalue weighted by molar-refractivity contribution is -0.152. The summed E-state index contributed by atoms with van der Waals surface area (Å²) in [5.41, 5.74) is 0.